The third kappa shape index (κ3) is 4.79. The van der Waals surface area contributed by atoms with Crippen LogP contribution < -0.4 is 10.2 Å². The lowest BCUT2D eigenvalue weighted by Crippen LogP contribution is -2.30. The summed E-state index contributed by atoms with van der Waals surface area (Å²) >= 11 is 1.81. The molecule has 1 N–H and O–H groups in total. The molecule has 0 aliphatic carbocycles. The van der Waals surface area contributed by atoms with Gasteiger partial charge in [-0.3, -0.25) is 9.78 Å². The fourth-order valence-corrected chi connectivity index (χ4v) is 4.68. The predicted molar refractivity (Wildman–Crippen MR) is 136 cm³/mol. The Morgan fingerprint density at radius 3 is 2.82 bits per heavy atom. The first kappa shape index (κ1) is 22.5. The second-order valence-electron chi connectivity index (χ2n) is 8.54. The van der Waals surface area contributed by atoms with Gasteiger partial charge in [0.2, 0.25) is 5.89 Å². The highest BCUT2D eigenvalue weighted by Crippen LogP contribution is 2.31. The van der Waals surface area contributed by atoms with Gasteiger partial charge in [0.1, 0.15) is 11.9 Å². The number of nitrogens with one attached hydrogen (secondary N) is 1. The first-order valence-corrected chi connectivity index (χ1v) is 13.0. The zero-order chi connectivity index (χ0) is 23.5. The van der Waals surface area contributed by atoms with Gasteiger partial charge in [-0.25, -0.2) is 9.97 Å². The topological polar surface area (TPSA) is 88.6 Å². The van der Waals surface area contributed by atoms with Gasteiger partial charge >= 0.3 is 0 Å². The van der Waals surface area contributed by atoms with Crippen molar-refractivity contribution in [2.75, 3.05) is 35.3 Å². The number of carbonyl (C=O) groups excluding carboxylic acids is 1. The third-order valence-corrected chi connectivity index (χ3v) is 6.62. The van der Waals surface area contributed by atoms with Crippen molar-refractivity contribution in [3.05, 3.63) is 60.1 Å². The van der Waals surface area contributed by atoms with E-state index in [0.717, 1.165) is 72.1 Å². The molecule has 9 heteroatoms. The molecule has 176 valence electrons. The standard InChI is InChI=1S/C25H28N6O2S/c1-17-12-18(6-8-26-17)25-29-21(16-33-25)24(32)28-20-15-31-14-19(7-11-34-2)27-23(31)13-22(20)30-9-4-3-5-10-30/h6,8,12-16H,3-5,7,9-11H2,1-2H3,(H,28,32). The van der Waals surface area contributed by atoms with Crippen LogP contribution in [-0.2, 0) is 6.42 Å². The van der Waals surface area contributed by atoms with Crippen LogP contribution in [0.3, 0.4) is 0 Å². The van der Waals surface area contributed by atoms with Gasteiger partial charge in [0, 0.05) is 55.4 Å². The minimum atomic E-state index is -0.305. The van der Waals surface area contributed by atoms with Crippen molar-refractivity contribution in [1.29, 1.82) is 0 Å². The number of piperidine rings is 1. The van der Waals surface area contributed by atoms with Crippen molar-refractivity contribution in [2.45, 2.75) is 32.6 Å². The van der Waals surface area contributed by atoms with Crippen LogP contribution >= 0.6 is 11.8 Å². The maximum Gasteiger partial charge on any atom is 0.277 e. The monoisotopic (exact) mass is 476 g/mol. The van der Waals surface area contributed by atoms with Crippen LogP contribution in [0.25, 0.3) is 17.1 Å². The number of thioether (sulfide) groups is 1. The molecule has 0 atom stereocenters. The summed E-state index contributed by atoms with van der Waals surface area (Å²) in [6.07, 6.45) is 13.6. The zero-order valence-electron chi connectivity index (χ0n) is 19.5. The summed E-state index contributed by atoms with van der Waals surface area (Å²) in [6.45, 7) is 3.84. The molecule has 0 bridgehead atoms. The summed E-state index contributed by atoms with van der Waals surface area (Å²) in [5, 5.41) is 3.08. The summed E-state index contributed by atoms with van der Waals surface area (Å²) in [6, 6.07) is 5.78. The third-order valence-electron chi connectivity index (χ3n) is 6.01. The molecule has 1 aliphatic heterocycles. The van der Waals surface area contributed by atoms with Gasteiger partial charge in [0.15, 0.2) is 5.69 Å². The van der Waals surface area contributed by atoms with E-state index in [1.165, 1.54) is 12.7 Å². The lowest BCUT2D eigenvalue weighted by molar-refractivity contribution is 0.102. The zero-order valence-corrected chi connectivity index (χ0v) is 20.3. The number of anilines is 2. The number of fused-ring (bicyclic) bond motifs is 1. The molecular weight excluding hydrogens is 448 g/mol. The molecule has 5 rings (SSSR count). The number of hydrogen-bond donors (Lipinski definition) is 1. The van der Waals surface area contributed by atoms with Crippen LogP contribution in [0, 0.1) is 6.92 Å². The number of carbonyl (C=O) groups is 1. The SMILES string of the molecule is CSCCc1cn2cc(NC(=O)c3coc(-c4ccnc(C)c4)n3)c(N3CCCCC3)cc2n1. The molecule has 0 spiro atoms. The molecule has 1 saturated heterocycles. The molecule has 4 aromatic rings. The first-order chi connectivity index (χ1) is 16.6. The van der Waals surface area contributed by atoms with Gasteiger partial charge < -0.3 is 19.0 Å². The number of pyridine rings is 2. The highest BCUT2D eigenvalue weighted by atomic mass is 32.2. The molecule has 34 heavy (non-hydrogen) atoms. The molecule has 5 heterocycles. The summed E-state index contributed by atoms with van der Waals surface area (Å²) < 4.78 is 7.59. The number of imidazole rings is 1. The van der Waals surface area contributed by atoms with Gasteiger partial charge in [0.25, 0.3) is 5.91 Å². The molecule has 1 aliphatic rings. The minimum Gasteiger partial charge on any atom is -0.444 e. The molecule has 4 aromatic heterocycles. The van der Waals surface area contributed by atoms with Crippen molar-refractivity contribution in [3.63, 3.8) is 0 Å². The Labute approximate surface area is 202 Å². The van der Waals surface area contributed by atoms with Crippen LogP contribution in [0.1, 0.15) is 41.1 Å². The smallest absolute Gasteiger partial charge is 0.277 e. The van der Waals surface area contributed by atoms with E-state index in [1.807, 2.05) is 47.6 Å². The van der Waals surface area contributed by atoms with Crippen molar-refractivity contribution < 1.29 is 9.21 Å². The summed E-state index contributed by atoms with van der Waals surface area (Å²) in [5.74, 6) is 1.12. The molecule has 1 fully saturated rings. The van der Waals surface area contributed by atoms with Crippen molar-refractivity contribution >= 4 is 34.7 Å². The predicted octanol–water partition coefficient (Wildman–Crippen LogP) is 4.84. The van der Waals surface area contributed by atoms with Crippen LogP contribution in [0.2, 0.25) is 0 Å². The average Bonchev–Trinajstić information content (AvgIpc) is 3.50. The molecule has 8 nitrogen and oxygen atoms in total. The first-order valence-electron chi connectivity index (χ1n) is 11.6. The Kier molecular flexibility index (Phi) is 6.53. The Balaban J connectivity index is 1.44. The Morgan fingerprint density at radius 1 is 1.18 bits per heavy atom. The van der Waals surface area contributed by atoms with Gasteiger partial charge in [-0.15, -0.1) is 0 Å². The highest BCUT2D eigenvalue weighted by Gasteiger charge is 2.20. The van der Waals surface area contributed by atoms with Gasteiger partial charge in [0.05, 0.1) is 17.1 Å². The molecular formula is C25H28N6O2S. The number of aromatic nitrogens is 4. The number of nitrogens with zero attached hydrogens (tertiary/aromatic N) is 5. The summed E-state index contributed by atoms with van der Waals surface area (Å²) in [4.78, 5) is 28.9. The van der Waals surface area contributed by atoms with E-state index in [-0.39, 0.29) is 11.6 Å². The van der Waals surface area contributed by atoms with Crippen LogP contribution in [0.4, 0.5) is 11.4 Å². The van der Waals surface area contributed by atoms with Crippen LogP contribution in [0.5, 0.6) is 0 Å². The highest BCUT2D eigenvalue weighted by molar-refractivity contribution is 7.98. The van der Waals surface area contributed by atoms with Crippen molar-refractivity contribution in [3.8, 4) is 11.5 Å². The number of hydrogen-bond acceptors (Lipinski definition) is 7. The summed E-state index contributed by atoms with van der Waals surface area (Å²) in [5.41, 5.74) is 5.58. The Bertz CT molecular complexity index is 1310. The Morgan fingerprint density at radius 2 is 2.03 bits per heavy atom. The minimum absolute atomic E-state index is 0.237. The van der Waals surface area contributed by atoms with E-state index in [0.29, 0.717) is 5.89 Å². The molecule has 0 aromatic carbocycles. The summed E-state index contributed by atoms with van der Waals surface area (Å²) in [7, 11) is 0. The molecule has 0 saturated carbocycles. The molecule has 0 unspecified atom stereocenters. The largest absolute Gasteiger partial charge is 0.444 e. The second kappa shape index (κ2) is 9.89. The lowest BCUT2D eigenvalue weighted by Gasteiger charge is -2.30. The number of aryl methyl sites for hydroxylation is 2. The normalized spacial score (nSPS) is 14.0. The maximum absolute atomic E-state index is 13.2. The molecule has 1 amide bonds. The Hall–Kier alpha value is -3.33. The van der Waals surface area contributed by atoms with Gasteiger partial charge in [-0.2, -0.15) is 11.8 Å². The number of amides is 1. The number of rotatable bonds is 7. The fourth-order valence-electron chi connectivity index (χ4n) is 4.27. The van der Waals surface area contributed by atoms with E-state index in [4.69, 9.17) is 9.40 Å². The number of oxazole rings is 1. The lowest BCUT2D eigenvalue weighted by atomic mass is 10.1. The maximum atomic E-state index is 13.2. The van der Waals surface area contributed by atoms with E-state index in [1.54, 1.807) is 6.20 Å². The van der Waals surface area contributed by atoms with E-state index >= 15 is 0 Å². The molecule has 0 radical (unpaired) electrons. The van der Waals surface area contributed by atoms with Gasteiger partial charge in [-0.1, -0.05) is 0 Å². The van der Waals surface area contributed by atoms with E-state index < -0.39 is 0 Å². The fraction of sp³-hybridized carbons (Fsp3) is 0.360. The quantitative estimate of drug-likeness (QED) is 0.408. The van der Waals surface area contributed by atoms with E-state index in [9.17, 15) is 4.79 Å². The second-order valence-corrected chi connectivity index (χ2v) is 9.52. The van der Waals surface area contributed by atoms with Crippen molar-refractivity contribution in [2.24, 2.45) is 0 Å². The van der Waals surface area contributed by atoms with Crippen LogP contribution in [0.15, 0.2) is 47.5 Å². The van der Waals surface area contributed by atoms with Crippen LogP contribution in [-0.4, -0.2) is 50.4 Å². The van der Waals surface area contributed by atoms with Gasteiger partial charge in [-0.05, 0) is 50.3 Å². The van der Waals surface area contributed by atoms with E-state index in [2.05, 4.69) is 32.5 Å². The van der Waals surface area contributed by atoms with Crippen molar-refractivity contribution in [1.82, 2.24) is 19.4 Å². The average molecular weight is 477 g/mol.